The van der Waals surface area contributed by atoms with Crippen LogP contribution in [-0.4, -0.2) is 9.61 Å². The van der Waals surface area contributed by atoms with E-state index in [1.165, 1.54) is 27.6 Å². The first kappa shape index (κ1) is 17.7. The summed E-state index contributed by atoms with van der Waals surface area (Å²) in [4.78, 5) is 0. The Morgan fingerprint density at radius 1 is 0.452 bits per heavy atom. The van der Waals surface area contributed by atoms with Crippen LogP contribution in [0.25, 0.3) is 49.9 Å². The number of fused-ring (bicyclic) bond motifs is 3. The summed E-state index contributed by atoms with van der Waals surface area (Å²) in [6, 6.07) is 42.7. The predicted molar refractivity (Wildman–Crippen MR) is 129 cm³/mol. The third-order valence-corrected chi connectivity index (χ3v) is 5.84. The molecule has 0 amide bonds. The molecule has 146 valence electrons. The molecular weight excluding hydrogens is 376 g/mol. The first-order valence-electron chi connectivity index (χ1n) is 10.5. The van der Waals surface area contributed by atoms with Gasteiger partial charge in [0, 0.05) is 10.9 Å². The molecule has 0 radical (unpaired) electrons. The van der Waals surface area contributed by atoms with Crippen molar-refractivity contribution in [1.29, 1.82) is 0 Å². The first-order chi connectivity index (χ1) is 15.3. The number of para-hydroxylation sites is 1. The van der Waals surface area contributed by atoms with Crippen molar-refractivity contribution in [3.8, 4) is 33.5 Å². The second kappa shape index (κ2) is 7.26. The van der Waals surface area contributed by atoms with Crippen LogP contribution in [0.15, 0.2) is 121 Å². The molecule has 0 spiro atoms. The Balaban J connectivity index is 1.32. The number of nitrogens with zero attached hydrogens (tertiary/aromatic N) is 2. The Morgan fingerprint density at radius 2 is 1.00 bits per heavy atom. The summed E-state index contributed by atoms with van der Waals surface area (Å²) in [5, 5.41) is 6.07. The van der Waals surface area contributed by atoms with E-state index in [9.17, 15) is 0 Å². The Morgan fingerprint density at radius 3 is 1.68 bits per heavy atom. The van der Waals surface area contributed by atoms with E-state index in [2.05, 4.69) is 115 Å². The highest BCUT2D eigenvalue weighted by atomic mass is 15.2. The molecule has 2 nitrogen and oxygen atoms in total. The molecule has 2 heteroatoms. The number of hydrogen-bond acceptors (Lipinski definition) is 1. The summed E-state index contributed by atoms with van der Waals surface area (Å²) in [7, 11) is 0. The lowest BCUT2D eigenvalue weighted by atomic mass is 9.99. The lowest BCUT2D eigenvalue weighted by molar-refractivity contribution is 1.01. The maximum atomic E-state index is 4.88. The van der Waals surface area contributed by atoms with Crippen LogP contribution in [0, 0.1) is 0 Å². The zero-order valence-corrected chi connectivity index (χ0v) is 16.9. The maximum absolute atomic E-state index is 4.88. The number of benzene rings is 4. The smallest absolute Gasteiger partial charge is 0.0933 e. The van der Waals surface area contributed by atoms with Crippen molar-refractivity contribution >= 4 is 16.4 Å². The summed E-state index contributed by atoms with van der Waals surface area (Å²) in [6.45, 7) is 0. The van der Waals surface area contributed by atoms with Crippen LogP contribution in [0.5, 0.6) is 0 Å². The Labute approximate surface area is 181 Å². The molecule has 6 rings (SSSR count). The highest BCUT2D eigenvalue weighted by Crippen LogP contribution is 2.28. The fourth-order valence-electron chi connectivity index (χ4n) is 4.16. The van der Waals surface area contributed by atoms with Gasteiger partial charge >= 0.3 is 0 Å². The third-order valence-electron chi connectivity index (χ3n) is 5.84. The topological polar surface area (TPSA) is 17.3 Å². The molecule has 4 aromatic carbocycles. The van der Waals surface area contributed by atoms with Crippen molar-refractivity contribution < 1.29 is 0 Å². The molecule has 31 heavy (non-hydrogen) atoms. The van der Waals surface area contributed by atoms with E-state index >= 15 is 0 Å². The second-order valence-corrected chi connectivity index (χ2v) is 7.78. The number of aromatic nitrogens is 2. The average molecular weight is 396 g/mol. The molecule has 0 bridgehead atoms. The summed E-state index contributed by atoms with van der Waals surface area (Å²) in [6.07, 6.45) is 0. The van der Waals surface area contributed by atoms with E-state index in [1.807, 2.05) is 10.6 Å². The largest absolute Gasteiger partial charge is 0.232 e. The molecule has 2 heterocycles. The van der Waals surface area contributed by atoms with Crippen molar-refractivity contribution in [1.82, 2.24) is 9.61 Å². The monoisotopic (exact) mass is 396 g/mol. The van der Waals surface area contributed by atoms with E-state index < -0.39 is 0 Å². The van der Waals surface area contributed by atoms with Crippen molar-refractivity contribution in [2.24, 2.45) is 0 Å². The van der Waals surface area contributed by atoms with Gasteiger partial charge in [0.25, 0.3) is 0 Å². The molecule has 0 fully saturated rings. The third kappa shape index (κ3) is 3.19. The average Bonchev–Trinajstić information content (AvgIpc) is 3.30. The van der Waals surface area contributed by atoms with Crippen LogP contribution in [0.1, 0.15) is 0 Å². The molecule has 0 aliphatic carbocycles. The van der Waals surface area contributed by atoms with Gasteiger partial charge in [-0.2, -0.15) is 5.10 Å². The number of pyridine rings is 1. The van der Waals surface area contributed by atoms with Gasteiger partial charge in [0.2, 0.25) is 0 Å². The quantitative estimate of drug-likeness (QED) is 0.303. The van der Waals surface area contributed by atoms with Crippen LogP contribution in [0.2, 0.25) is 0 Å². The van der Waals surface area contributed by atoms with Crippen molar-refractivity contribution in [2.45, 2.75) is 0 Å². The highest BCUT2D eigenvalue weighted by molar-refractivity contribution is 5.83. The van der Waals surface area contributed by atoms with E-state index in [0.717, 1.165) is 22.3 Å². The highest BCUT2D eigenvalue weighted by Gasteiger charge is 2.08. The predicted octanol–water partition coefficient (Wildman–Crippen LogP) is 7.49. The van der Waals surface area contributed by atoms with Gasteiger partial charge in [0.15, 0.2) is 0 Å². The minimum atomic E-state index is 0.988. The van der Waals surface area contributed by atoms with E-state index in [1.54, 1.807) is 0 Å². The minimum Gasteiger partial charge on any atom is -0.232 e. The van der Waals surface area contributed by atoms with E-state index in [0.29, 0.717) is 0 Å². The van der Waals surface area contributed by atoms with Crippen molar-refractivity contribution in [3.63, 3.8) is 0 Å². The van der Waals surface area contributed by atoms with E-state index in [-0.39, 0.29) is 0 Å². The molecule has 0 atom stereocenters. The molecule has 0 saturated heterocycles. The molecule has 0 saturated carbocycles. The van der Waals surface area contributed by atoms with Crippen molar-refractivity contribution in [2.75, 3.05) is 0 Å². The zero-order chi connectivity index (χ0) is 20.6. The fraction of sp³-hybridized carbons (Fsp3) is 0. The molecule has 2 aromatic heterocycles. The Hall–Kier alpha value is -4.17. The maximum Gasteiger partial charge on any atom is 0.0933 e. The molecule has 0 aliphatic heterocycles. The van der Waals surface area contributed by atoms with Crippen LogP contribution in [0.3, 0.4) is 0 Å². The lowest BCUT2D eigenvalue weighted by Crippen LogP contribution is -1.90. The van der Waals surface area contributed by atoms with E-state index in [4.69, 9.17) is 5.10 Å². The van der Waals surface area contributed by atoms with Gasteiger partial charge in [0.1, 0.15) is 0 Å². The summed E-state index contributed by atoms with van der Waals surface area (Å²) in [5.74, 6) is 0. The Kier molecular flexibility index (Phi) is 4.14. The fourth-order valence-corrected chi connectivity index (χ4v) is 4.16. The van der Waals surface area contributed by atoms with Gasteiger partial charge in [-0.1, -0.05) is 103 Å². The van der Waals surface area contributed by atoms with Crippen molar-refractivity contribution in [3.05, 3.63) is 121 Å². The first-order valence-corrected chi connectivity index (χ1v) is 10.5. The zero-order valence-electron chi connectivity index (χ0n) is 16.9. The molecule has 0 aliphatic rings. The minimum absolute atomic E-state index is 0.988. The number of rotatable bonds is 3. The molecular formula is C29H20N2. The molecule has 0 unspecified atom stereocenters. The summed E-state index contributed by atoms with van der Waals surface area (Å²) in [5.41, 5.74) is 9.24. The standard InChI is InChI=1S/C29H20N2/c1-2-6-21(7-3-1)22-10-12-23(13-11-22)24-14-16-25(17-15-24)28-20-27-19-18-26-8-4-5-9-29(26)31(27)30-28/h1-20H. The molecule has 6 aromatic rings. The summed E-state index contributed by atoms with van der Waals surface area (Å²) < 4.78 is 2.03. The molecule has 0 N–H and O–H groups in total. The van der Waals surface area contributed by atoms with Crippen LogP contribution in [0.4, 0.5) is 0 Å². The van der Waals surface area contributed by atoms with Gasteiger partial charge in [-0.05, 0) is 40.5 Å². The van der Waals surface area contributed by atoms with Gasteiger partial charge in [-0.3, -0.25) is 0 Å². The van der Waals surface area contributed by atoms with Gasteiger partial charge in [-0.15, -0.1) is 0 Å². The van der Waals surface area contributed by atoms with Crippen LogP contribution in [-0.2, 0) is 0 Å². The normalized spacial score (nSPS) is 11.2. The summed E-state index contributed by atoms with van der Waals surface area (Å²) >= 11 is 0. The van der Waals surface area contributed by atoms with Crippen LogP contribution < -0.4 is 0 Å². The second-order valence-electron chi connectivity index (χ2n) is 7.78. The lowest BCUT2D eigenvalue weighted by Gasteiger charge is -2.06. The van der Waals surface area contributed by atoms with Crippen LogP contribution >= 0.6 is 0 Å². The van der Waals surface area contributed by atoms with Gasteiger partial charge in [-0.25, -0.2) is 4.52 Å². The van der Waals surface area contributed by atoms with Gasteiger partial charge < -0.3 is 0 Å². The van der Waals surface area contributed by atoms with Gasteiger partial charge in [0.05, 0.1) is 16.7 Å². The number of hydrogen-bond donors (Lipinski definition) is 0. The Bertz CT molecular complexity index is 1490. The SMILES string of the molecule is c1ccc(-c2ccc(-c3ccc(-c4cc5ccc6ccccc6n5n4)cc3)cc2)cc1.